The van der Waals surface area contributed by atoms with Crippen LogP contribution >= 0.6 is 0 Å². The van der Waals surface area contributed by atoms with E-state index in [0.29, 0.717) is 17.2 Å². The molecule has 6 nitrogen and oxygen atoms in total. The van der Waals surface area contributed by atoms with Gasteiger partial charge in [-0.15, -0.1) is 0 Å². The number of aromatic amines is 1. The molecule has 0 spiro atoms. The molecule has 0 radical (unpaired) electrons. The van der Waals surface area contributed by atoms with Crippen LogP contribution in [0, 0.1) is 0 Å². The number of ether oxygens (including phenoxy) is 2. The summed E-state index contributed by atoms with van der Waals surface area (Å²) in [7, 11) is 1.62. The lowest BCUT2D eigenvalue weighted by Gasteiger charge is -2.15. The average Bonchev–Trinajstić information content (AvgIpc) is 3.03. The van der Waals surface area contributed by atoms with Crippen molar-refractivity contribution in [2.45, 2.75) is 19.4 Å². The van der Waals surface area contributed by atoms with E-state index in [4.69, 9.17) is 9.47 Å². The standard InChI is InChI=1S/C17H18N4O2/c1-4-11(5-2)23-12-6-7-13(15(8-12)22-3)16-20-14-9-18-10-19-17(14)21-16/h4,6-11H,1,5H2,2-3H3,(H,18,19,20,21). The zero-order valence-corrected chi connectivity index (χ0v) is 13.1. The average molecular weight is 310 g/mol. The molecule has 0 aliphatic carbocycles. The van der Waals surface area contributed by atoms with Gasteiger partial charge in [0.1, 0.15) is 35.3 Å². The number of aromatic nitrogens is 4. The summed E-state index contributed by atoms with van der Waals surface area (Å²) in [5, 5.41) is 0. The molecular weight excluding hydrogens is 292 g/mol. The summed E-state index contributed by atoms with van der Waals surface area (Å²) in [5.74, 6) is 2.08. The van der Waals surface area contributed by atoms with Crippen LogP contribution in [0.25, 0.3) is 22.6 Å². The molecule has 0 aliphatic rings. The van der Waals surface area contributed by atoms with Crippen LogP contribution in [0.3, 0.4) is 0 Å². The minimum atomic E-state index is -0.0213. The molecule has 1 atom stereocenters. The van der Waals surface area contributed by atoms with Crippen LogP contribution in [0.15, 0.2) is 43.4 Å². The van der Waals surface area contributed by atoms with E-state index in [1.165, 1.54) is 6.33 Å². The Kier molecular flexibility index (Phi) is 4.23. The normalized spacial score (nSPS) is 12.1. The molecule has 1 unspecified atom stereocenters. The van der Waals surface area contributed by atoms with Gasteiger partial charge in [0.05, 0.1) is 18.9 Å². The number of hydrogen-bond donors (Lipinski definition) is 1. The van der Waals surface area contributed by atoms with Crippen LogP contribution in [-0.4, -0.2) is 33.1 Å². The molecule has 118 valence electrons. The van der Waals surface area contributed by atoms with Gasteiger partial charge in [0.25, 0.3) is 0 Å². The van der Waals surface area contributed by atoms with Gasteiger partial charge in [-0.25, -0.2) is 15.0 Å². The Labute approximate surface area is 134 Å². The molecule has 1 aromatic carbocycles. The first kappa shape index (κ1) is 15.0. The van der Waals surface area contributed by atoms with Crippen LogP contribution < -0.4 is 9.47 Å². The number of rotatable bonds is 6. The molecule has 0 saturated carbocycles. The van der Waals surface area contributed by atoms with E-state index >= 15 is 0 Å². The first-order valence-corrected chi connectivity index (χ1v) is 7.38. The van der Waals surface area contributed by atoms with Crippen molar-refractivity contribution in [1.82, 2.24) is 19.9 Å². The fourth-order valence-corrected chi connectivity index (χ4v) is 2.30. The van der Waals surface area contributed by atoms with Crippen molar-refractivity contribution in [1.29, 1.82) is 0 Å². The second kappa shape index (κ2) is 6.48. The predicted octanol–water partition coefficient (Wildman–Crippen LogP) is 3.37. The third-order valence-corrected chi connectivity index (χ3v) is 3.54. The number of nitrogens with one attached hydrogen (secondary N) is 1. The highest BCUT2D eigenvalue weighted by atomic mass is 16.5. The minimum absolute atomic E-state index is 0.0213. The number of hydrogen-bond acceptors (Lipinski definition) is 5. The molecule has 0 bridgehead atoms. The lowest BCUT2D eigenvalue weighted by molar-refractivity contribution is 0.244. The highest BCUT2D eigenvalue weighted by Crippen LogP contribution is 2.33. The van der Waals surface area contributed by atoms with E-state index in [2.05, 4.69) is 26.5 Å². The Morgan fingerprint density at radius 3 is 2.96 bits per heavy atom. The van der Waals surface area contributed by atoms with E-state index in [0.717, 1.165) is 23.3 Å². The van der Waals surface area contributed by atoms with Crippen molar-refractivity contribution < 1.29 is 9.47 Å². The summed E-state index contributed by atoms with van der Waals surface area (Å²) in [6.45, 7) is 5.82. The van der Waals surface area contributed by atoms with Crippen LogP contribution in [0.4, 0.5) is 0 Å². The topological polar surface area (TPSA) is 72.9 Å². The molecule has 0 saturated heterocycles. The fraction of sp³-hybridized carbons (Fsp3) is 0.235. The lowest BCUT2D eigenvalue weighted by atomic mass is 10.1. The summed E-state index contributed by atoms with van der Waals surface area (Å²) in [4.78, 5) is 15.8. The van der Waals surface area contributed by atoms with Gasteiger partial charge in [-0.05, 0) is 18.6 Å². The van der Waals surface area contributed by atoms with Gasteiger partial charge in [-0.2, -0.15) is 0 Å². The largest absolute Gasteiger partial charge is 0.496 e. The SMILES string of the molecule is C=CC(CC)Oc1ccc(-c2nc3ncncc3[nH]2)c(OC)c1. The molecule has 2 heterocycles. The Hall–Kier alpha value is -2.89. The third kappa shape index (κ3) is 3.01. The number of imidazole rings is 1. The van der Waals surface area contributed by atoms with Gasteiger partial charge in [-0.3, -0.25) is 0 Å². The van der Waals surface area contributed by atoms with Crippen LogP contribution in [0.5, 0.6) is 11.5 Å². The van der Waals surface area contributed by atoms with Gasteiger partial charge in [0.2, 0.25) is 0 Å². The molecular formula is C17H18N4O2. The summed E-state index contributed by atoms with van der Waals surface area (Å²) >= 11 is 0. The highest BCUT2D eigenvalue weighted by molar-refractivity contribution is 5.77. The van der Waals surface area contributed by atoms with Gasteiger partial charge >= 0.3 is 0 Å². The zero-order chi connectivity index (χ0) is 16.2. The number of H-pyrrole nitrogens is 1. The number of methoxy groups -OCH3 is 1. The summed E-state index contributed by atoms with van der Waals surface area (Å²) in [6.07, 6.45) is 5.79. The van der Waals surface area contributed by atoms with E-state index in [-0.39, 0.29) is 6.10 Å². The van der Waals surface area contributed by atoms with Gasteiger partial charge in [0.15, 0.2) is 5.65 Å². The van der Waals surface area contributed by atoms with Crippen LogP contribution in [0.2, 0.25) is 0 Å². The third-order valence-electron chi connectivity index (χ3n) is 3.54. The monoisotopic (exact) mass is 310 g/mol. The van der Waals surface area contributed by atoms with Gasteiger partial charge in [0, 0.05) is 6.07 Å². The molecule has 6 heteroatoms. The Morgan fingerprint density at radius 2 is 2.26 bits per heavy atom. The Morgan fingerprint density at radius 1 is 1.39 bits per heavy atom. The molecule has 3 aromatic rings. The van der Waals surface area contributed by atoms with Crippen molar-refractivity contribution in [3.63, 3.8) is 0 Å². The van der Waals surface area contributed by atoms with Gasteiger partial charge < -0.3 is 14.5 Å². The predicted molar refractivity (Wildman–Crippen MR) is 88.6 cm³/mol. The number of benzene rings is 1. The van der Waals surface area contributed by atoms with E-state index in [1.807, 2.05) is 25.1 Å². The molecule has 0 amide bonds. The summed E-state index contributed by atoms with van der Waals surface area (Å²) < 4.78 is 11.3. The first-order valence-electron chi connectivity index (χ1n) is 7.38. The smallest absolute Gasteiger partial charge is 0.181 e. The van der Waals surface area contributed by atoms with Gasteiger partial charge in [-0.1, -0.05) is 19.6 Å². The summed E-state index contributed by atoms with van der Waals surface area (Å²) in [5.41, 5.74) is 2.24. The molecule has 3 rings (SSSR count). The molecule has 2 aromatic heterocycles. The maximum absolute atomic E-state index is 5.85. The van der Waals surface area contributed by atoms with Crippen LogP contribution in [-0.2, 0) is 0 Å². The van der Waals surface area contributed by atoms with E-state index in [1.54, 1.807) is 19.4 Å². The highest BCUT2D eigenvalue weighted by Gasteiger charge is 2.13. The van der Waals surface area contributed by atoms with E-state index < -0.39 is 0 Å². The van der Waals surface area contributed by atoms with Crippen LogP contribution in [0.1, 0.15) is 13.3 Å². The second-order valence-corrected chi connectivity index (χ2v) is 5.01. The first-order chi connectivity index (χ1) is 11.2. The number of fused-ring (bicyclic) bond motifs is 1. The Bertz CT molecular complexity index is 795. The minimum Gasteiger partial charge on any atom is -0.496 e. The lowest BCUT2D eigenvalue weighted by Crippen LogP contribution is -2.11. The Balaban J connectivity index is 1.97. The van der Waals surface area contributed by atoms with E-state index in [9.17, 15) is 0 Å². The second-order valence-electron chi connectivity index (χ2n) is 5.01. The van der Waals surface area contributed by atoms with Crippen molar-refractivity contribution in [2.75, 3.05) is 7.11 Å². The van der Waals surface area contributed by atoms with Crippen molar-refractivity contribution in [3.8, 4) is 22.9 Å². The number of nitrogens with zero attached hydrogens (tertiary/aromatic N) is 3. The maximum Gasteiger partial charge on any atom is 0.181 e. The van der Waals surface area contributed by atoms with Crippen molar-refractivity contribution >= 4 is 11.2 Å². The quantitative estimate of drug-likeness (QED) is 0.707. The summed E-state index contributed by atoms with van der Waals surface area (Å²) in [6, 6.07) is 5.65. The molecule has 0 fully saturated rings. The zero-order valence-electron chi connectivity index (χ0n) is 13.1. The molecule has 23 heavy (non-hydrogen) atoms. The molecule has 0 aliphatic heterocycles. The maximum atomic E-state index is 5.85. The van der Waals surface area contributed by atoms with Crippen molar-refractivity contribution in [2.24, 2.45) is 0 Å². The van der Waals surface area contributed by atoms with Crippen molar-refractivity contribution in [3.05, 3.63) is 43.4 Å². The fourth-order valence-electron chi connectivity index (χ4n) is 2.30. The molecule has 1 N–H and O–H groups in total.